The van der Waals surface area contributed by atoms with Crippen LogP contribution in [-0.4, -0.2) is 34.5 Å². The van der Waals surface area contributed by atoms with Crippen LogP contribution in [0.1, 0.15) is 6.42 Å². The van der Waals surface area contributed by atoms with Crippen molar-refractivity contribution in [2.75, 3.05) is 30.8 Å². The molecule has 1 saturated heterocycles. The molecule has 8 heteroatoms. The highest BCUT2D eigenvalue weighted by atomic mass is 32.2. The lowest BCUT2D eigenvalue weighted by atomic mass is 10.1. The van der Waals surface area contributed by atoms with Gasteiger partial charge in [0.05, 0.1) is 22.2 Å². The Bertz CT molecular complexity index is 630. The van der Waals surface area contributed by atoms with E-state index in [1.54, 1.807) is 6.07 Å². The summed E-state index contributed by atoms with van der Waals surface area (Å²) < 4.78 is 25.6. The van der Waals surface area contributed by atoms with Crippen LogP contribution in [-0.2, 0) is 14.8 Å². The highest BCUT2D eigenvalue weighted by molar-refractivity contribution is 7.89. The largest absolute Gasteiger partial charge is 0.397 e. The number of anilines is 2. The van der Waals surface area contributed by atoms with E-state index < -0.39 is 10.0 Å². The molecule has 1 aliphatic heterocycles. The van der Waals surface area contributed by atoms with Crippen LogP contribution in [0, 0.1) is 5.92 Å². The predicted molar refractivity (Wildman–Crippen MR) is 76.6 cm³/mol. The fourth-order valence-electron chi connectivity index (χ4n) is 2.32. The van der Waals surface area contributed by atoms with Crippen molar-refractivity contribution in [1.82, 2.24) is 4.72 Å². The SMILES string of the molecule is CNS(=O)(=O)c1ccc(N2CCC(C(N)=O)C2)c(N)c1. The first-order valence-corrected chi connectivity index (χ1v) is 7.71. The van der Waals surface area contributed by atoms with Gasteiger partial charge >= 0.3 is 0 Å². The van der Waals surface area contributed by atoms with Gasteiger partial charge in [0.2, 0.25) is 15.9 Å². The van der Waals surface area contributed by atoms with Gasteiger partial charge in [0.15, 0.2) is 0 Å². The van der Waals surface area contributed by atoms with Gasteiger partial charge in [-0.05, 0) is 31.7 Å². The van der Waals surface area contributed by atoms with Gasteiger partial charge in [-0.2, -0.15) is 0 Å². The summed E-state index contributed by atoms with van der Waals surface area (Å²) in [7, 11) is -2.16. The topological polar surface area (TPSA) is 119 Å². The summed E-state index contributed by atoms with van der Waals surface area (Å²) in [5.74, 6) is -0.504. The van der Waals surface area contributed by atoms with Crippen molar-refractivity contribution in [3.05, 3.63) is 18.2 Å². The molecular formula is C12H18N4O3S. The lowest BCUT2D eigenvalue weighted by Gasteiger charge is -2.20. The third kappa shape index (κ3) is 2.70. The second-order valence-electron chi connectivity index (χ2n) is 4.76. The van der Waals surface area contributed by atoms with Crippen LogP contribution < -0.4 is 21.1 Å². The van der Waals surface area contributed by atoms with Gasteiger partial charge in [-0.3, -0.25) is 4.79 Å². The lowest BCUT2D eigenvalue weighted by molar-refractivity contribution is -0.121. The molecule has 20 heavy (non-hydrogen) atoms. The molecule has 0 spiro atoms. The van der Waals surface area contributed by atoms with E-state index in [1.165, 1.54) is 19.2 Å². The number of hydrogen-bond acceptors (Lipinski definition) is 5. The highest BCUT2D eigenvalue weighted by Gasteiger charge is 2.28. The molecule has 1 aromatic carbocycles. The van der Waals surface area contributed by atoms with Crippen LogP contribution in [0.15, 0.2) is 23.1 Å². The smallest absolute Gasteiger partial charge is 0.240 e. The summed E-state index contributed by atoms with van der Waals surface area (Å²) in [6.45, 7) is 1.19. The van der Waals surface area contributed by atoms with E-state index in [-0.39, 0.29) is 16.7 Å². The molecule has 0 aromatic heterocycles. The number of amides is 1. The molecule has 0 bridgehead atoms. The average molecular weight is 298 g/mol. The minimum absolute atomic E-state index is 0.117. The average Bonchev–Trinajstić information content (AvgIpc) is 2.88. The molecule has 1 atom stereocenters. The first-order valence-electron chi connectivity index (χ1n) is 6.22. The zero-order valence-corrected chi connectivity index (χ0v) is 12.0. The van der Waals surface area contributed by atoms with Crippen molar-refractivity contribution in [3.8, 4) is 0 Å². The quantitative estimate of drug-likeness (QED) is 0.647. The van der Waals surface area contributed by atoms with E-state index in [0.29, 0.717) is 25.2 Å². The number of rotatable bonds is 4. The van der Waals surface area contributed by atoms with Crippen LogP contribution in [0.4, 0.5) is 11.4 Å². The molecule has 110 valence electrons. The molecule has 0 saturated carbocycles. The van der Waals surface area contributed by atoms with Crippen LogP contribution >= 0.6 is 0 Å². The molecule has 5 N–H and O–H groups in total. The molecule has 1 amide bonds. The van der Waals surface area contributed by atoms with Crippen molar-refractivity contribution in [2.24, 2.45) is 11.7 Å². The number of nitrogens with one attached hydrogen (secondary N) is 1. The van der Waals surface area contributed by atoms with Gasteiger partial charge in [0, 0.05) is 13.1 Å². The van der Waals surface area contributed by atoms with Gasteiger partial charge in [-0.15, -0.1) is 0 Å². The van der Waals surface area contributed by atoms with Gasteiger partial charge in [0.1, 0.15) is 0 Å². The molecule has 1 aliphatic rings. The molecule has 1 aromatic rings. The summed E-state index contributed by atoms with van der Waals surface area (Å²) >= 11 is 0. The summed E-state index contributed by atoms with van der Waals surface area (Å²) in [6.07, 6.45) is 0.686. The Balaban J connectivity index is 2.26. The number of nitrogens with zero attached hydrogens (tertiary/aromatic N) is 1. The monoisotopic (exact) mass is 298 g/mol. The number of nitrogens with two attached hydrogens (primary N) is 2. The second-order valence-corrected chi connectivity index (χ2v) is 6.65. The molecular weight excluding hydrogens is 280 g/mol. The van der Waals surface area contributed by atoms with Crippen molar-refractivity contribution < 1.29 is 13.2 Å². The van der Waals surface area contributed by atoms with Crippen LogP contribution in [0.25, 0.3) is 0 Å². The molecule has 7 nitrogen and oxygen atoms in total. The Kier molecular flexibility index (Phi) is 3.87. The zero-order chi connectivity index (χ0) is 14.9. The van der Waals surface area contributed by atoms with E-state index >= 15 is 0 Å². The van der Waals surface area contributed by atoms with Gasteiger partial charge in [0.25, 0.3) is 0 Å². The third-order valence-electron chi connectivity index (χ3n) is 3.51. The number of carbonyl (C=O) groups is 1. The van der Waals surface area contributed by atoms with Crippen LogP contribution in [0.2, 0.25) is 0 Å². The minimum Gasteiger partial charge on any atom is -0.397 e. The van der Waals surface area contributed by atoms with E-state index in [2.05, 4.69) is 4.72 Å². The van der Waals surface area contributed by atoms with E-state index in [4.69, 9.17) is 11.5 Å². The summed E-state index contributed by atoms with van der Waals surface area (Å²) in [5, 5.41) is 0. The number of primary amides is 1. The first kappa shape index (κ1) is 14.6. The summed E-state index contributed by atoms with van der Waals surface area (Å²) in [5.41, 5.74) is 12.3. The van der Waals surface area contributed by atoms with Crippen LogP contribution in [0.3, 0.4) is 0 Å². The highest BCUT2D eigenvalue weighted by Crippen LogP contribution is 2.30. The Hall–Kier alpha value is -1.80. The maximum atomic E-state index is 11.7. The van der Waals surface area contributed by atoms with Crippen LogP contribution in [0.5, 0.6) is 0 Å². The van der Waals surface area contributed by atoms with E-state index in [1.807, 2.05) is 4.90 Å². The summed E-state index contributed by atoms with van der Waals surface area (Å²) in [6, 6.07) is 4.57. The van der Waals surface area contributed by atoms with Crippen molar-refractivity contribution in [3.63, 3.8) is 0 Å². The fraction of sp³-hybridized carbons (Fsp3) is 0.417. The normalized spacial score (nSPS) is 19.2. The summed E-state index contributed by atoms with van der Waals surface area (Å²) in [4.78, 5) is 13.2. The number of sulfonamides is 1. The zero-order valence-electron chi connectivity index (χ0n) is 11.2. The number of nitrogen functional groups attached to an aromatic ring is 1. The fourth-order valence-corrected chi connectivity index (χ4v) is 3.08. The molecule has 0 radical (unpaired) electrons. The molecule has 1 heterocycles. The standard InChI is InChI=1S/C12H18N4O3S/c1-15-20(18,19)9-2-3-11(10(13)6-9)16-5-4-8(7-16)12(14)17/h2-3,6,8,15H,4-5,7,13H2,1H3,(H2,14,17). The minimum atomic E-state index is -3.51. The van der Waals surface area contributed by atoms with Gasteiger partial charge < -0.3 is 16.4 Å². The lowest BCUT2D eigenvalue weighted by Crippen LogP contribution is -2.27. The Morgan fingerprint density at radius 2 is 2.15 bits per heavy atom. The maximum absolute atomic E-state index is 11.7. The van der Waals surface area contributed by atoms with Crippen molar-refractivity contribution in [2.45, 2.75) is 11.3 Å². The Morgan fingerprint density at radius 1 is 1.45 bits per heavy atom. The second kappa shape index (κ2) is 5.29. The first-order chi connectivity index (χ1) is 9.35. The molecule has 2 rings (SSSR count). The number of hydrogen-bond donors (Lipinski definition) is 3. The van der Waals surface area contributed by atoms with Gasteiger partial charge in [-0.1, -0.05) is 0 Å². The molecule has 1 unspecified atom stereocenters. The number of benzene rings is 1. The van der Waals surface area contributed by atoms with Gasteiger partial charge in [-0.25, -0.2) is 13.1 Å². The number of carbonyl (C=O) groups excluding carboxylic acids is 1. The third-order valence-corrected chi connectivity index (χ3v) is 4.92. The predicted octanol–water partition coefficient (Wildman–Crippen LogP) is -0.511. The Morgan fingerprint density at radius 3 is 2.65 bits per heavy atom. The molecule has 0 aliphatic carbocycles. The van der Waals surface area contributed by atoms with E-state index in [0.717, 1.165) is 5.69 Å². The maximum Gasteiger partial charge on any atom is 0.240 e. The van der Waals surface area contributed by atoms with Crippen molar-refractivity contribution >= 4 is 27.3 Å². The molecule has 1 fully saturated rings. The Labute approximate surface area is 118 Å². The van der Waals surface area contributed by atoms with E-state index in [9.17, 15) is 13.2 Å². The van der Waals surface area contributed by atoms with Crippen molar-refractivity contribution in [1.29, 1.82) is 0 Å².